The number of nitrogens with one attached hydrogen (secondary N) is 3. The Morgan fingerprint density at radius 3 is 2.90 bits per heavy atom. The van der Waals surface area contributed by atoms with E-state index in [1.165, 1.54) is 5.69 Å². The number of fused-ring (bicyclic) bond motifs is 2. The minimum atomic E-state index is -0.588. The van der Waals surface area contributed by atoms with Crippen molar-refractivity contribution in [1.82, 2.24) is 30.6 Å². The summed E-state index contributed by atoms with van der Waals surface area (Å²) in [4.78, 5) is 38.4. The van der Waals surface area contributed by atoms with Gasteiger partial charge in [0.15, 0.2) is 0 Å². The highest BCUT2D eigenvalue weighted by Crippen LogP contribution is 2.29. The molecule has 3 N–H and O–H groups in total. The van der Waals surface area contributed by atoms with Crippen LogP contribution in [-0.2, 0) is 42.3 Å². The first-order valence-electron chi connectivity index (χ1n) is 10.3. The van der Waals surface area contributed by atoms with E-state index in [4.69, 9.17) is 0 Å². The highest BCUT2D eigenvalue weighted by Gasteiger charge is 2.39. The molecule has 0 radical (unpaired) electrons. The average Bonchev–Trinajstić information content (AvgIpc) is 3.30. The minimum absolute atomic E-state index is 0.135. The second-order valence-corrected chi connectivity index (χ2v) is 7.97. The molecule has 1 aromatic carbocycles. The number of rotatable bonds is 5. The number of aromatic nitrogens is 2. The van der Waals surface area contributed by atoms with E-state index >= 15 is 0 Å². The van der Waals surface area contributed by atoms with Crippen molar-refractivity contribution in [3.63, 3.8) is 0 Å². The Bertz CT molecular complexity index is 1030. The third-order valence-corrected chi connectivity index (χ3v) is 6.10. The zero-order valence-electron chi connectivity index (χ0n) is 16.6. The highest BCUT2D eigenvalue weighted by molar-refractivity contribution is 6.05. The van der Waals surface area contributed by atoms with Crippen LogP contribution in [-0.4, -0.2) is 45.0 Å². The molecule has 2 aromatic rings. The van der Waals surface area contributed by atoms with Gasteiger partial charge in [0.2, 0.25) is 11.8 Å². The topological polar surface area (TPSA) is 108 Å². The van der Waals surface area contributed by atoms with Crippen molar-refractivity contribution in [2.24, 2.45) is 0 Å². The molecule has 9 heteroatoms. The van der Waals surface area contributed by atoms with Crippen molar-refractivity contribution < 1.29 is 14.4 Å². The molecule has 1 fully saturated rings. The summed E-state index contributed by atoms with van der Waals surface area (Å²) in [6.45, 7) is 4.26. The number of amides is 3. The summed E-state index contributed by atoms with van der Waals surface area (Å²) in [5.74, 6) is -0.793. The summed E-state index contributed by atoms with van der Waals surface area (Å²) in [7, 11) is 0. The molecule has 3 aliphatic heterocycles. The number of carbonyl (C=O) groups excluding carboxylic acids is 3. The maximum absolute atomic E-state index is 13.1. The lowest BCUT2D eigenvalue weighted by Gasteiger charge is -2.29. The molecule has 156 valence electrons. The van der Waals surface area contributed by atoms with Crippen molar-refractivity contribution in [2.45, 2.75) is 51.6 Å². The van der Waals surface area contributed by atoms with Crippen molar-refractivity contribution in [2.75, 3.05) is 6.54 Å². The smallest absolute Gasteiger partial charge is 0.255 e. The van der Waals surface area contributed by atoms with Gasteiger partial charge in [-0.15, -0.1) is 0 Å². The molecule has 5 rings (SSSR count). The Balaban J connectivity index is 1.28. The van der Waals surface area contributed by atoms with Crippen LogP contribution in [0.2, 0.25) is 0 Å². The van der Waals surface area contributed by atoms with E-state index in [0.717, 1.165) is 36.3 Å². The second kappa shape index (κ2) is 7.66. The Labute approximate surface area is 173 Å². The Morgan fingerprint density at radius 2 is 2.03 bits per heavy atom. The first-order valence-corrected chi connectivity index (χ1v) is 10.3. The van der Waals surface area contributed by atoms with Crippen LogP contribution in [0.4, 0.5) is 0 Å². The molecule has 0 spiro atoms. The zero-order valence-corrected chi connectivity index (χ0v) is 16.6. The van der Waals surface area contributed by atoms with Crippen LogP contribution in [0, 0.1) is 0 Å². The standard InChI is InChI=1S/C21H24N6O3/c28-18-5-4-16(20(29)25-18)26-12-14-3-1-2-13(19(14)21(26)30)8-23-9-15-10-24-27-7-6-22-11-17(15)27/h1-3,10,16,22-23H,4-9,11-12H2,(H,25,28,29). The molecular formula is C21H24N6O3. The fraction of sp³-hybridized carbons (Fsp3) is 0.429. The first kappa shape index (κ1) is 19.0. The van der Waals surface area contributed by atoms with Crippen molar-refractivity contribution in [1.29, 1.82) is 0 Å². The van der Waals surface area contributed by atoms with Crippen LogP contribution in [0.1, 0.15) is 45.6 Å². The van der Waals surface area contributed by atoms with E-state index in [1.54, 1.807) is 4.90 Å². The van der Waals surface area contributed by atoms with Gasteiger partial charge in [0.1, 0.15) is 6.04 Å². The van der Waals surface area contributed by atoms with Crippen LogP contribution in [0.25, 0.3) is 0 Å². The van der Waals surface area contributed by atoms with Gasteiger partial charge in [-0.25, -0.2) is 0 Å². The lowest BCUT2D eigenvalue weighted by Crippen LogP contribution is -2.52. The number of hydrogen-bond acceptors (Lipinski definition) is 6. The summed E-state index contributed by atoms with van der Waals surface area (Å²) in [5, 5.41) is 13.6. The normalized spacial score (nSPS) is 20.9. The fourth-order valence-corrected chi connectivity index (χ4v) is 4.56. The van der Waals surface area contributed by atoms with E-state index in [0.29, 0.717) is 31.6 Å². The van der Waals surface area contributed by atoms with Gasteiger partial charge in [0.25, 0.3) is 5.91 Å². The van der Waals surface area contributed by atoms with E-state index in [1.807, 2.05) is 29.1 Å². The van der Waals surface area contributed by atoms with Crippen LogP contribution in [0.15, 0.2) is 24.4 Å². The molecule has 3 aliphatic rings. The van der Waals surface area contributed by atoms with Gasteiger partial charge in [-0.3, -0.25) is 24.4 Å². The van der Waals surface area contributed by atoms with Crippen molar-refractivity contribution >= 4 is 17.7 Å². The fourth-order valence-electron chi connectivity index (χ4n) is 4.56. The molecule has 3 amide bonds. The number of carbonyl (C=O) groups is 3. The lowest BCUT2D eigenvalue weighted by molar-refractivity contribution is -0.136. The molecule has 0 bridgehead atoms. The van der Waals surface area contributed by atoms with Gasteiger partial charge < -0.3 is 15.5 Å². The SMILES string of the molecule is O=C1CCC(N2Cc3cccc(CNCc4cnn5c4CNCC5)c3C2=O)C(=O)N1. The number of imide groups is 1. The monoisotopic (exact) mass is 408 g/mol. The van der Waals surface area contributed by atoms with Gasteiger partial charge in [-0.2, -0.15) is 5.10 Å². The lowest BCUT2D eigenvalue weighted by atomic mass is 10.0. The van der Waals surface area contributed by atoms with Gasteiger partial charge in [-0.1, -0.05) is 18.2 Å². The predicted octanol–water partition coefficient (Wildman–Crippen LogP) is 0.0371. The number of piperidine rings is 1. The molecule has 1 aromatic heterocycles. The molecule has 1 saturated heterocycles. The second-order valence-electron chi connectivity index (χ2n) is 7.97. The van der Waals surface area contributed by atoms with Crippen LogP contribution >= 0.6 is 0 Å². The molecule has 4 heterocycles. The molecule has 0 aliphatic carbocycles. The molecule has 1 atom stereocenters. The molecule has 0 saturated carbocycles. The van der Waals surface area contributed by atoms with Gasteiger partial charge in [-0.05, 0) is 17.5 Å². The summed E-state index contributed by atoms with van der Waals surface area (Å²) in [5.41, 5.74) is 4.88. The van der Waals surface area contributed by atoms with E-state index in [9.17, 15) is 14.4 Å². The van der Waals surface area contributed by atoms with Gasteiger partial charge in [0, 0.05) is 50.3 Å². The molecule has 9 nitrogen and oxygen atoms in total. The first-order chi connectivity index (χ1) is 14.6. The third-order valence-electron chi connectivity index (χ3n) is 6.10. The minimum Gasteiger partial charge on any atom is -0.322 e. The summed E-state index contributed by atoms with van der Waals surface area (Å²) in [6, 6.07) is 5.24. The van der Waals surface area contributed by atoms with Gasteiger partial charge >= 0.3 is 0 Å². The number of benzene rings is 1. The average molecular weight is 408 g/mol. The summed E-state index contributed by atoms with van der Waals surface area (Å²) >= 11 is 0. The van der Waals surface area contributed by atoms with Crippen molar-refractivity contribution in [3.05, 3.63) is 52.3 Å². The summed E-state index contributed by atoms with van der Waals surface area (Å²) in [6.07, 6.45) is 2.54. The maximum Gasteiger partial charge on any atom is 0.255 e. The number of hydrogen-bond donors (Lipinski definition) is 3. The Morgan fingerprint density at radius 1 is 1.17 bits per heavy atom. The highest BCUT2D eigenvalue weighted by atomic mass is 16.2. The Hall–Kier alpha value is -3.04. The van der Waals surface area contributed by atoms with Crippen LogP contribution in [0.3, 0.4) is 0 Å². The van der Waals surface area contributed by atoms with Crippen LogP contribution in [0.5, 0.6) is 0 Å². The van der Waals surface area contributed by atoms with E-state index < -0.39 is 6.04 Å². The number of nitrogens with zero attached hydrogens (tertiary/aromatic N) is 3. The Kier molecular flexibility index (Phi) is 4.84. The maximum atomic E-state index is 13.1. The molecular weight excluding hydrogens is 384 g/mol. The quantitative estimate of drug-likeness (QED) is 0.603. The third kappa shape index (κ3) is 3.29. The van der Waals surface area contributed by atoms with Crippen molar-refractivity contribution in [3.8, 4) is 0 Å². The van der Waals surface area contributed by atoms with Crippen LogP contribution < -0.4 is 16.0 Å². The zero-order chi connectivity index (χ0) is 20.7. The predicted molar refractivity (Wildman–Crippen MR) is 107 cm³/mol. The molecule has 30 heavy (non-hydrogen) atoms. The van der Waals surface area contributed by atoms with E-state index in [2.05, 4.69) is 21.0 Å². The largest absolute Gasteiger partial charge is 0.322 e. The van der Waals surface area contributed by atoms with Gasteiger partial charge in [0.05, 0.1) is 18.4 Å². The van der Waals surface area contributed by atoms with E-state index in [-0.39, 0.29) is 24.1 Å². The summed E-state index contributed by atoms with van der Waals surface area (Å²) < 4.78 is 2.04. The molecule has 1 unspecified atom stereocenters.